The van der Waals surface area contributed by atoms with Crippen molar-refractivity contribution >= 4 is 34.0 Å². The van der Waals surface area contributed by atoms with E-state index < -0.39 is 5.82 Å². The van der Waals surface area contributed by atoms with Gasteiger partial charge in [-0.3, -0.25) is 14.8 Å². The largest absolute Gasteiger partial charge is 0.379 e. The lowest BCUT2D eigenvalue weighted by Gasteiger charge is -2.41. The number of aromatic nitrogens is 4. The number of rotatable bonds is 3. The molecule has 2 fully saturated rings. The van der Waals surface area contributed by atoms with E-state index in [2.05, 4.69) is 30.5 Å². The van der Waals surface area contributed by atoms with Crippen molar-refractivity contribution in [2.75, 3.05) is 43.1 Å². The zero-order valence-corrected chi connectivity index (χ0v) is 18.7. The van der Waals surface area contributed by atoms with Gasteiger partial charge in [0.1, 0.15) is 11.0 Å². The Hall–Kier alpha value is -3.63. The molecule has 2 N–H and O–H groups in total. The number of aryl methyl sites for hydroxylation is 1. The van der Waals surface area contributed by atoms with Gasteiger partial charge < -0.3 is 24.7 Å². The highest BCUT2D eigenvalue weighted by atomic mass is 19.1. The molecule has 0 aliphatic carbocycles. The second kappa shape index (κ2) is 8.00. The van der Waals surface area contributed by atoms with Crippen LogP contribution in [0.25, 0.3) is 16.7 Å². The number of carbonyl (C=O) groups is 1. The summed E-state index contributed by atoms with van der Waals surface area (Å²) in [6, 6.07) is 4.95. The summed E-state index contributed by atoms with van der Waals surface area (Å²) >= 11 is 0. The van der Waals surface area contributed by atoms with E-state index in [9.17, 15) is 9.18 Å². The van der Waals surface area contributed by atoms with Gasteiger partial charge in [0.15, 0.2) is 11.5 Å². The Kier molecular flexibility index (Phi) is 4.93. The normalized spacial score (nSPS) is 20.5. The minimum atomic E-state index is -0.505. The standard InChI is InChI=1S/C24H24FN7O2/c1-15-11-32-12-16(10-18(25)22(32)29-15)30-23(33)17-2-3-19(21-20(17)26-5-6-27-21)31-8-7-28-24(13-31)4-9-34-14-24/h2-3,5-6,10-12,28H,4,7-9,13-14H2,1H3,(H,30,33). The zero-order valence-electron chi connectivity index (χ0n) is 18.7. The van der Waals surface area contributed by atoms with Crippen LogP contribution in [-0.2, 0) is 4.74 Å². The number of anilines is 2. The minimum Gasteiger partial charge on any atom is -0.379 e. The van der Waals surface area contributed by atoms with Crippen LogP contribution in [0.3, 0.4) is 0 Å². The van der Waals surface area contributed by atoms with Gasteiger partial charge in [-0.05, 0) is 25.5 Å². The molecule has 9 nitrogen and oxygen atoms in total. The number of pyridine rings is 1. The summed E-state index contributed by atoms with van der Waals surface area (Å²) in [6.07, 6.45) is 7.52. The topological polar surface area (TPSA) is 96.7 Å². The Morgan fingerprint density at radius 2 is 2.09 bits per heavy atom. The van der Waals surface area contributed by atoms with Crippen LogP contribution >= 0.6 is 0 Å². The summed E-state index contributed by atoms with van der Waals surface area (Å²) in [5.41, 5.74) is 3.68. The maximum atomic E-state index is 14.5. The minimum absolute atomic E-state index is 0.0583. The highest BCUT2D eigenvalue weighted by Crippen LogP contribution is 2.31. The maximum Gasteiger partial charge on any atom is 0.257 e. The molecule has 6 rings (SSSR count). The van der Waals surface area contributed by atoms with Gasteiger partial charge in [-0.2, -0.15) is 0 Å². The van der Waals surface area contributed by atoms with E-state index in [-0.39, 0.29) is 17.1 Å². The highest BCUT2D eigenvalue weighted by Gasteiger charge is 2.39. The van der Waals surface area contributed by atoms with E-state index >= 15 is 0 Å². The molecule has 0 radical (unpaired) electrons. The zero-order chi connectivity index (χ0) is 23.3. The van der Waals surface area contributed by atoms with Crippen molar-refractivity contribution in [3.63, 3.8) is 0 Å². The molecule has 1 unspecified atom stereocenters. The molecule has 174 valence electrons. The quantitative estimate of drug-likeness (QED) is 0.484. The molecule has 2 aliphatic rings. The van der Waals surface area contributed by atoms with E-state index in [1.807, 2.05) is 6.07 Å². The Morgan fingerprint density at radius 3 is 2.91 bits per heavy atom. The van der Waals surface area contributed by atoms with Gasteiger partial charge in [-0.15, -0.1) is 0 Å². The van der Waals surface area contributed by atoms with Crippen molar-refractivity contribution in [1.29, 1.82) is 0 Å². The van der Waals surface area contributed by atoms with Crippen molar-refractivity contribution < 1.29 is 13.9 Å². The van der Waals surface area contributed by atoms with E-state index in [0.717, 1.165) is 38.3 Å². The summed E-state index contributed by atoms with van der Waals surface area (Å²) in [5.74, 6) is -0.886. The number of nitrogens with zero attached hydrogens (tertiary/aromatic N) is 5. The molecule has 0 saturated carbocycles. The van der Waals surface area contributed by atoms with Gasteiger partial charge in [0.25, 0.3) is 5.91 Å². The van der Waals surface area contributed by atoms with Gasteiger partial charge >= 0.3 is 0 Å². The molecule has 3 aromatic heterocycles. The second-order valence-electron chi connectivity index (χ2n) is 8.96. The fourth-order valence-electron chi connectivity index (χ4n) is 4.96. The smallest absolute Gasteiger partial charge is 0.257 e. The van der Waals surface area contributed by atoms with Crippen molar-refractivity contribution in [2.24, 2.45) is 0 Å². The number of nitrogens with one attached hydrogen (secondary N) is 2. The molecule has 1 atom stereocenters. The first-order valence-electron chi connectivity index (χ1n) is 11.3. The number of fused-ring (bicyclic) bond motifs is 2. The van der Waals surface area contributed by atoms with Crippen LogP contribution in [-0.4, -0.2) is 63.6 Å². The molecule has 34 heavy (non-hydrogen) atoms. The van der Waals surface area contributed by atoms with Gasteiger partial charge in [-0.1, -0.05) is 0 Å². The van der Waals surface area contributed by atoms with E-state index in [4.69, 9.17) is 4.74 Å². The summed E-state index contributed by atoms with van der Waals surface area (Å²) in [5, 5.41) is 6.41. The molecule has 2 saturated heterocycles. The van der Waals surface area contributed by atoms with Crippen LogP contribution in [0, 0.1) is 12.7 Å². The molecule has 0 bridgehead atoms. The first-order valence-corrected chi connectivity index (χ1v) is 11.3. The lowest BCUT2D eigenvalue weighted by molar-refractivity contribution is 0.102. The maximum absolute atomic E-state index is 14.5. The molecule has 5 heterocycles. The third kappa shape index (κ3) is 3.55. The fraction of sp³-hybridized carbons (Fsp3) is 0.333. The van der Waals surface area contributed by atoms with E-state index in [1.54, 1.807) is 42.2 Å². The Balaban J connectivity index is 1.33. The Labute approximate surface area is 195 Å². The second-order valence-corrected chi connectivity index (χ2v) is 8.96. The van der Waals surface area contributed by atoms with Crippen LogP contribution in [0.5, 0.6) is 0 Å². The number of hydrogen-bond donors (Lipinski definition) is 2. The summed E-state index contributed by atoms with van der Waals surface area (Å²) in [6.45, 7) is 5.69. The van der Waals surface area contributed by atoms with Gasteiger partial charge in [0.05, 0.1) is 34.8 Å². The average Bonchev–Trinajstić information content (AvgIpc) is 3.44. The van der Waals surface area contributed by atoms with Crippen LogP contribution in [0.15, 0.2) is 43.0 Å². The Bertz CT molecular complexity index is 1410. The van der Waals surface area contributed by atoms with Crippen molar-refractivity contribution in [3.05, 3.63) is 60.1 Å². The predicted octanol–water partition coefficient (Wildman–Crippen LogP) is 2.55. The Morgan fingerprint density at radius 1 is 1.24 bits per heavy atom. The molecule has 2 aliphatic heterocycles. The van der Waals surface area contributed by atoms with Crippen LogP contribution in [0.2, 0.25) is 0 Å². The van der Waals surface area contributed by atoms with Crippen LogP contribution in [0.4, 0.5) is 15.8 Å². The molecular weight excluding hydrogens is 437 g/mol. The van der Waals surface area contributed by atoms with Gasteiger partial charge in [0, 0.05) is 57.1 Å². The fourth-order valence-corrected chi connectivity index (χ4v) is 4.96. The number of amides is 1. The van der Waals surface area contributed by atoms with Crippen LogP contribution in [0.1, 0.15) is 22.5 Å². The molecule has 1 spiro atoms. The van der Waals surface area contributed by atoms with E-state index in [1.165, 1.54) is 6.07 Å². The average molecular weight is 462 g/mol. The number of ether oxygens (including phenoxy) is 1. The van der Waals surface area contributed by atoms with E-state index in [0.29, 0.717) is 34.6 Å². The number of piperazine rings is 1. The third-order valence-electron chi connectivity index (χ3n) is 6.55. The summed E-state index contributed by atoms with van der Waals surface area (Å²) in [7, 11) is 0. The lowest BCUT2D eigenvalue weighted by Crippen LogP contribution is -2.61. The van der Waals surface area contributed by atoms with Crippen molar-refractivity contribution in [2.45, 2.75) is 18.9 Å². The number of halogens is 1. The monoisotopic (exact) mass is 461 g/mol. The summed E-state index contributed by atoms with van der Waals surface area (Å²) in [4.78, 5) is 28.7. The molecule has 1 aromatic carbocycles. The molecule has 10 heteroatoms. The first kappa shape index (κ1) is 20.9. The first-order chi connectivity index (χ1) is 16.5. The van der Waals surface area contributed by atoms with Crippen molar-refractivity contribution in [3.8, 4) is 0 Å². The predicted molar refractivity (Wildman–Crippen MR) is 126 cm³/mol. The van der Waals surface area contributed by atoms with Gasteiger partial charge in [-0.25, -0.2) is 9.37 Å². The number of carbonyl (C=O) groups excluding carboxylic acids is 1. The van der Waals surface area contributed by atoms with Crippen molar-refractivity contribution in [1.82, 2.24) is 24.7 Å². The number of imidazole rings is 1. The lowest BCUT2D eigenvalue weighted by atomic mass is 9.95. The SMILES string of the molecule is Cc1cn2cc(NC(=O)c3ccc(N4CCNC5(CCOC5)C4)c4nccnc34)cc(F)c2n1. The van der Waals surface area contributed by atoms with Gasteiger partial charge in [0.2, 0.25) is 0 Å². The number of hydrogen-bond acceptors (Lipinski definition) is 7. The van der Waals surface area contributed by atoms with Crippen LogP contribution < -0.4 is 15.5 Å². The number of benzene rings is 1. The summed E-state index contributed by atoms with van der Waals surface area (Å²) < 4.78 is 21.7. The molecular formula is C24H24FN7O2. The molecule has 1 amide bonds. The third-order valence-corrected chi connectivity index (χ3v) is 6.55. The highest BCUT2D eigenvalue weighted by molar-refractivity contribution is 6.13. The molecule has 4 aromatic rings.